The highest BCUT2D eigenvalue weighted by atomic mass is 32.1. The second-order valence-electron chi connectivity index (χ2n) is 3.99. The van der Waals surface area contributed by atoms with Gasteiger partial charge in [0.1, 0.15) is 10.6 Å². The number of aryl methyl sites for hydroxylation is 1. The van der Waals surface area contributed by atoms with E-state index in [-0.39, 0.29) is 22.9 Å². The lowest BCUT2D eigenvalue weighted by Gasteiger charge is -2.04. The maximum atomic E-state index is 11.7. The SMILES string of the molecule is Cc1nsc(NC(=O)CNC(=O)c2ccco2)c1C(=O)O. The zero-order valence-electron chi connectivity index (χ0n) is 10.9. The molecular weight excluding hydrogens is 298 g/mol. The number of amides is 2. The molecule has 2 rings (SSSR count). The molecule has 3 N–H and O–H groups in total. The number of carbonyl (C=O) groups is 3. The lowest BCUT2D eigenvalue weighted by Crippen LogP contribution is -2.32. The second-order valence-corrected chi connectivity index (χ2v) is 4.76. The van der Waals surface area contributed by atoms with Crippen LogP contribution in [0.15, 0.2) is 22.8 Å². The topological polar surface area (TPSA) is 122 Å². The number of hydrogen-bond acceptors (Lipinski definition) is 6. The summed E-state index contributed by atoms with van der Waals surface area (Å²) in [5.41, 5.74) is 0.271. The highest BCUT2D eigenvalue weighted by Crippen LogP contribution is 2.24. The lowest BCUT2D eigenvalue weighted by atomic mass is 10.2. The average Bonchev–Trinajstić information content (AvgIpc) is 3.06. The lowest BCUT2D eigenvalue weighted by molar-refractivity contribution is -0.115. The van der Waals surface area contributed by atoms with Gasteiger partial charge in [-0.05, 0) is 30.6 Å². The van der Waals surface area contributed by atoms with Crippen molar-refractivity contribution in [3.8, 4) is 0 Å². The molecule has 110 valence electrons. The summed E-state index contributed by atoms with van der Waals surface area (Å²) in [6.45, 7) is 1.23. The van der Waals surface area contributed by atoms with Crippen LogP contribution < -0.4 is 10.6 Å². The molecule has 2 amide bonds. The molecule has 0 fully saturated rings. The third-order valence-corrected chi connectivity index (χ3v) is 3.34. The van der Waals surface area contributed by atoms with Gasteiger partial charge in [-0.25, -0.2) is 4.79 Å². The molecule has 0 unspecified atom stereocenters. The fourth-order valence-electron chi connectivity index (χ4n) is 1.53. The molecule has 0 aliphatic rings. The maximum absolute atomic E-state index is 11.7. The molecule has 0 aliphatic heterocycles. The van der Waals surface area contributed by atoms with Crippen LogP contribution in [-0.2, 0) is 4.79 Å². The Balaban J connectivity index is 1.94. The Morgan fingerprint density at radius 1 is 1.43 bits per heavy atom. The Hall–Kier alpha value is -2.68. The Morgan fingerprint density at radius 2 is 2.19 bits per heavy atom. The molecule has 2 aromatic rings. The second kappa shape index (κ2) is 6.18. The van der Waals surface area contributed by atoms with Gasteiger partial charge < -0.3 is 20.2 Å². The highest BCUT2D eigenvalue weighted by Gasteiger charge is 2.19. The van der Waals surface area contributed by atoms with E-state index in [0.29, 0.717) is 5.69 Å². The first kappa shape index (κ1) is 14.7. The van der Waals surface area contributed by atoms with Gasteiger partial charge in [-0.15, -0.1) is 0 Å². The number of aromatic carboxylic acids is 1. The van der Waals surface area contributed by atoms with Gasteiger partial charge in [0.15, 0.2) is 5.76 Å². The molecule has 0 aliphatic carbocycles. The number of hydrogen-bond donors (Lipinski definition) is 3. The monoisotopic (exact) mass is 309 g/mol. The number of nitrogens with one attached hydrogen (secondary N) is 2. The van der Waals surface area contributed by atoms with Crippen molar-refractivity contribution in [1.29, 1.82) is 0 Å². The molecule has 2 aromatic heterocycles. The molecule has 2 heterocycles. The largest absolute Gasteiger partial charge is 0.478 e. The number of carboxylic acids is 1. The molecule has 0 bridgehead atoms. The Bertz CT molecular complexity index is 677. The smallest absolute Gasteiger partial charge is 0.340 e. The Morgan fingerprint density at radius 3 is 2.81 bits per heavy atom. The van der Waals surface area contributed by atoms with Crippen LogP contribution in [0.3, 0.4) is 0 Å². The third-order valence-electron chi connectivity index (χ3n) is 2.48. The Labute approximate surface area is 122 Å². The van der Waals surface area contributed by atoms with E-state index in [1.54, 1.807) is 6.07 Å². The van der Waals surface area contributed by atoms with Crippen LogP contribution in [0.2, 0.25) is 0 Å². The Kier molecular flexibility index (Phi) is 4.33. The minimum absolute atomic E-state index is 0.0503. The van der Waals surface area contributed by atoms with Crippen molar-refractivity contribution in [1.82, 2.24) is 9.69 Å². The van der Waals surface area contributed by atoms with Crippen LogP contribution in [0, 0.1) is 6.92 Å². The summed E-state index contributed by atoms with van der Waals surface area (Å²) in [4.78, 5) is 34.3. The van der Waals surface area contributed by atoms with Crippen LogP contribution in [0.4, 0.5) is 5.00 Å². The summed E-state index contributed by atoms with van der Waals surface area (Å²) in [6, 6.07) is 3.01. The summed E-state index contributed by atoms with van der Waals surface area (Å²) in [6.07, 6.45) is 1.34. The normalized spacial score (nSPS) is 10.1. The minimum Gasteiger partial charge on any atom is -0.478 e. The fourth-order valence-corrected chi connectivity index (χ4v) is 2.34. The molecule has 0 aromatic carbocycles. The van der Waals surface area contributed by atoms with Crippen molar-refractivity contribution in [2.45, 2.75) is 6.92 Å². The van der Waals surface area contributed by atoms with Crippen molar-refractivity contribution in [2.24, 2.45) is 0 Å². The summed E-state index contributed by atoms with van der Waals surface area (Å²) in [7, 11) is 0. The molecule has 9 heteroatoms. The average molecular weight is 309 g/mol. The predicted molar refractivity (Wildman–Crippen MR) is 73.5 cm³/mol. The molecule has 0 spiro atoms. The zero-order valence-corrected chi connectivity index (χ0v) is 11.7. The van der Waals surface area contributed by atoms with Gasteiger partial charge in [0.2, 0.25) is 5.91 Å². The van der Waals surface area contributed by atoms with E-state index in [2.05, 4.69) is 15.0 Å². The van der Waals surface area contributed by atoms with Crippen LogP contribution in [0.1, 0.15) is 26.6 Å². The van der Waals surface area contributed by atoms with Crippen molar-refractivity contribution >= 4 is 34.3 Å². The van der Waals surface area contributed by atoms with E-state index in [1.807, 2.05) is 0 Å². The van der Waals surface area contributed by atoms with Gasteiger partial charge in [-0.3, -0.25) is 9.59 Å². The van der Waals surface area contributed by atoms with E-state index in [0.717, 1.165) is 11.5 Å². The first-order chi connectivity index (χ1) is 9.99. The number of carboxylic acid groups (broad SMARTS) is 1. The van der Waals surface area contributed by atoms with Gasteiger partial charge in [-0.2, -0.15) is 4.37 Å². The summed E-state index contributed by atoms with van der Waals surface area (Å²) >= 11 is 0.871. The van der Waals surface area contributed by atoms with Crippen LogP contribution in [0.25, 0.3) is 0 Å². The number of furan rings is 1. The fraction of sp³-hybridized carbons (Fsp3) is 0.167. The maximum Gasteiger partial charge on any atom is 0.340 e. The number of carbonyl (C=O) groups excluding carboxylic acids is 2. The molecule has 0 saturated heterocycles. The van der Waals surface area contributed by atoms with Crippen molar-refractivity contribution in [2.75, 3.05) is 11.9 Å². The van der Waals surface area contributed by atoms with Crippen molar-refractivity contribution < 1.29 is 23.9 Å². The molecular formula is C12H11N3O5S. The van der Waals surface area contributed by atoms with Crippen LogP contribution >= 0.6 is 11.5 Å². The minimum atomic E-state index is -1.17. The molecule has 0 saturated carbocycles. The molecule has 0 radical (unpaired) electrons. The van der Waals surface area contributed by atoms with Gasteiger partial charge in [0.05, 0.1) is 18.5 Å². The van der Waals surface area contributed by atoms with Crippen molar-refractivity contribution in [3.63, 3.8) is 0 Å². The van der Waals surface area contributed by atoms with Crippen LogP contribution in [-0.4, -0.2) is 33.8 Å². The van der Waals surface area contributed by atoms with E-state index in [1.165, 1.54) is 19.3 Å². The van der Waals surface area contributed by atoms with E-state index >= 15 is 0 Å². The summed E-state index contributed by atoms with van der Waals surface area (Å²) in [5, 5.41) is 13.9. The van der Waals surface area contributed by atoms with Crippen molar-refractivity contribution in [3.05, 3.63) is 35.4 Å². The molecule has 8 nitrogen and oxygen atoms in total. The first-order valence-electron chi connectivity index (χ1n) is 5.80. The zero-order chi connectivity index (χ0) is 15.4. The van der Waals surface area contributed by atoms with Gasteiger partial charge in [-0.1, -0.05) is 0 Å². The van der Waals surface area contributed by atoms with E-state index in [9.17, 15) is 14.4 Å². The standard InChI is InChI=1S/C12H11N3O5S/c1-6-9(12(18)19)11(21-15-6)14-8(16)5-13-10(17)7-3-2-4-20-7/h2-4H,5H2,1H3,(H,13,17)(H,14,16)(H,18,19). The summed E-state index contributed by atoms with van der Waals surface area (Å²) in [5.74, 6) is -2.17. The summed E-state index contributed by atoms with van der Waals surface area (Å²) < 4.78 is 8.74. The third kappa shape index (κ3) is 3.45. The molecule has 0 atom stereocenters. The predicted octanol–water partition coefficient (Wildman–Crippen LogP) is 1.11. The van der Waals surface area contributed by atoms with Crippen LogP contribution in [0.5, 0.6) is 0 Å². The number of nitrogens with zero attached hydrogens (tertiary/aromatic N) is 1. The van der Waals surface area contributed by atoms with E-state index < -0.39 is 17.8 Å². The van der Waals surface area contributed by atoms with Gasteiger partial charge >= 0.3 is 5.97 Å². The quantitative estimate of drug-likeness (QED) is 0.760. The highest BCUT2D eigenvalue weighted by molar-refractivity contribution is 7.11. The number of rotatable bonds is 5. The number of aromatic nitrogens is 1. The first-order valence-corrected chi connectivity index (χ1v) is 6.57. The van der Waals surface area contributed by atoms with Gasteiger partial charge in [0.25, 0.3) is 5.91 Å². The number of anilines is 1. The van der Waals surface area contributed by atoms with Gasteiger partial charge in [0, 0.05) is 0 Å². The van der Waals surface area contributed by atoms with E-state index in [4.69, 9.17) is 9.52 Å². The molecule has 21 heavy (non-hydrogen) atoms.